The fourth-order valence-corrected chi connectivity index (χ4v) is 2.42. The van der Waals surface area contributed by atoms with E-state index in [1.165, 1.54) is 19.2 Å². The highest BCUT2D eigenvalue weighted by atomic mass is 19.1. The van der Waals surface area contributed by atoms with Crippen molar-refractivity contribution >= 4 is 5.91 Å². The number of hydrogen-bond donors (Lipinski definition) is 1. The number of likely N-dealkylation sites (tertiary alicyclic amines) is 1. The molecule has 5 heteroatoms. The predicted octanol–water partition coefficient (Wildman–Crippen LogP) is 1.46. The summed E-state index contributed by atoms with van der Waals surface area (Å²) in [5, 5.41) is 0. The Hall–Kier alpha value is -1.46. The summed E-state index contributed by atoms with van der Waals surface area (Å²) >= 11 is 0. The third-order valence-corrected chi connectivity index (χ3v) is 3.48. The highest BCUT2D eigenvalue weighted by Gasteiger charge is 2.31. The first-order valence-corrected chi connectivity index (χ1v) is 6.46. The molecule has 0 aromatic heterocycles. The summed E-state index contributed by atoms with van der Waals surface area (Å²) in [5.41, 5.74) is 6.72. The monoisotopic (exact) mass is 266 g/mol. The Morgan fingerprint density at radius 3 is 2.42 bits per heavy atom. The van der Waals surface area contributed by atoms with Gasteiger partial charge in [-0.15, -0.1) is 0 Å². The topological polar surface area (TPSA) is 55.6 Å². The minimum Gasteiger partial charge on any atom is -0.375 e. The lowest BCUT2D eigenvalue weighted by Crippen LogP contribution is -2.46. The van der Waals surface area contributed by atoms with Crippen molar-refractivity contribution in [3.63, 3.8) is 0 Å². The first-order chi connectivity index (χ1) is 9.13. The number of hydrogen-bond acceptors (Lipinski definition) is 3. The number of nitrogens with two attached hydrogens (primary N) is 1. The molecule has 1 heterocycles. The molecule has 2 unspecified atom stereocenters. The summed E-state index contributed by atoms with van der Waals surface area (Å²) in [6.07, 6.45) is 1.49. The van der Waals surface area contributed by atoms with Crippen molar-refractivity contribution in [2.75, 3.05) is 20.2 Å². The van der Waals surface area contributed by atoms with Crippen LogP contribution >= 0.6 is 0 Å². The molecule has 2 N–H and O–H groups in total. The van der Waals surface area contributed by atoms with Crippen LogP contribution in [0.1, 0.15) is 24.5 Å². The molecule has 0 radical (unpaired) electrons. The molecule has 0 aliphatic carbocycles. The van der Waals surface area contributed by atoms with Crippen LogP contribution in [0.5, 0.6) is 0 Å². The molecule has 1 fully saturated rings. The molecule has 1 aromatic rings. The molecule has 0 saturated carbocycles. The van der Waals surface area contributed by atoms with Gasteiger partial charge in [0, 0.05) is 20.2 Å². The van der Waals surface area contributed by atoms with Gasteiger partial charge >= 0.3 is 0 Å². The smallest absolute Gasteiger partial charge is 0.242 e. The van der Waals surface area contributed by atoms with Gasteiger partial charge in [0.15, 0.2) is 0 Å². The number of carbonyl (C=O) groups excluding carboxylic acids is 1. The Morgan fingerprint density at radius 1 is 1.32 bits per heavy atom. The molecule has 104 valence electrons. The fraction of sp³-hybridized carbons (Fsp3) is 0.500. The zero-order chi connectivity index (χ0) is 13.8. The third-order valence-electron chi connectivity index (χ3n) is 3.48. The standard InChI is InChI=1S/C14H19FN2O2/c1-19-13(10-4-6-11(15)7-5-10)12(16)14(18)17-8-2-3-9-17/h4-7,12-13H,2-3,8-9,16H2,1H3. The maximum Gasteiger partial charge on any atom is 0.242 e. The molecule has 2 rings (SSSR count). The Kier molecular flexibility index (Phi) is 4.50. The highest BCUT2D eigenvalue weighted by molar-refractivity contribution is 5.82. The second kappa shape index (κ2) is 6.12. The van der Waals surface area contributed by atoms with Crippen LogP contribution in [0.15, 0.2) is 24.3 Å². The summed E-state index contributed by atoms with van der Waals surface area (Å²) in [6.45, 7) is 1.51. The molecular weight excluding hydrogens is 247 g/mol. The molecule has 1 aliphatic heterocycles. The number of nitrogens with zero attached hydrogens (tertiary/aromatic N) is 1. The number of carbonyl (C=O) groups is 1. The average molecular weight is 266 g/mol. The first-order valence-electron chi connectivity index (χ1n) is 6.46. The van der Waals surface area contributed by atoms with Crippen molar-refractivity contribution in [1.29, 1.82) is 0 Å². The van der Waals surface area contributed by atoms with Crippen LogP contribution in [-0.4, -0.2) is 37.0 Å². The lowest BCUT2D eigenvalue weighted by atomic mass is 10.0. The third kappa shape index (κ3) is 3.11. The minimum absolute atomic E-state index is 0.103. The van der Waals surface area contributed by atoms with Crippen LogP contribution in [0.25, 0.3) is 0 Å². The van der Waals surface area contributed by atoms with Crippen LogP contribution in [0.3, 0.4) is 0 Å². The lowest BCUT2D eigenvalue weighted by Gasteiger charge is -2.26. The van der Waals surface area contributed by atoms with Gasteiger partial charge in [-0.25, -0.2) is 4.39 Å². The Balaban J connectivity index is 2.11. The fourth-order valence-electron chi connectivity index (χ4n) is 2.42. The van der Waals surface area contributed by atoms with Gasteiger partial charge in [0.2, 0.25) is 5.91 Å². The van der Waals surface area contributed by atoms with Gasteiger partial charge in [-0.3, -0.25) is 4.79 Å². The maximum atomic E-state index is 12.9. The SMILES string of the molecule is COC(c1ccc(F)cc1)C(N)C(=O)N1CCCC1. The molecular formula is C14H19FN2O2. The van der Waals surface area contributed by atoms with Crippen LogP contribution in [0.4, 0.5) is 4.39 Å². The number of benzene rings is 1. The van der Waals surface area contributed by atoms with Crippen molar-refractivity contribution < 1.29 is 13.9 Å². The van der Waals surface area contributed by atoms with Crippen molar-refractivity contribution in [2.24, 2.45) is 5.73 Å². The van der Waals surface area contributed by atoms with Crippen molar-refractivity contribution in [1.82, 2.24) is 4.90 Å². The van der Waals surface area contributed by atoms with E-state index in [0.29, 0.717) is 5.56 Å². The summed E-state index contributed by atoms with van der Waals surface area (Å²) in [4.78, 5) is 14.0. The van der Waals surface area contributed by atoms with Crippen LogP contribution in [0.2, 0.25) is 0 Å². The van der Waals surface area contributed by atoms with Gasteiger partial charge in [-0.1, -0.05) is 12.1 Å². The van der Waals surface area contributed by atoms with Gasteiger partial charge in [0.25, 0.3) is 0 Å². The van der Waals surface area contributed by atoms with Crippen LogP contribution in [-0.2, 0) is 9.53 Å². The molecule has 0 bridgehead atoms. The van der Waals surface area contributed by atoms with E-state index in [2.05, 4.69) is 0 Å². The van der Waals surface area contributed by atoms with Crippen molar-refractivity contribution in [2.45, 2.75) is 25.0 Å². The summed E-state index contributed by atoms with van der Waals surface area (Å²) in [6, 6.07) is 5.12. The summed E-state index contributed by atoms with van der Waals surface area (Å²) in [7, 11) is 1.51. The van der Waals surface area contributed by atoms with Gasteiger partial charge in [0.1, 0.15) is 18.0 Å². The largest absolute Gasteiger partial charge is 0.375 e. The van der Waals surface area contributed by atoms with Gasteiger partial charge < -0.3 is 15.4 Å². The Labute approximate surface area is 112 Å². The van der Waals surface area contributed by atoms with Crippen molar-refractivity contribution in [3.8, 4) is 0 Å². The Morgan fingerprint density at radius 2 is 1.89 bits per heavy atom. The van der Waals surface area contributed by atoms with Gasteiger partial charge in [-0.2, -0.15) is 0 Å². The van der Waals surface area contributed by atoms with E-state index in [1.807, 2.05) is 0 Å². The molecule has 1 saturated heterocycles. The number of rotatable bonds is 4. The van der Waals surface area contributed by atoms with Gasteiger partial charge in [-0.05, 0) is 30.5 Å². The normalized spacial score (nSPS) is 18.4. The first kappa shape index (κ1) is 14.0. The van der Waals surface area contributed by atoms with Crippen LogP contribution in [0, 0.1) is 5.82 Å². The van der Waals surface area contributed by atoms with E-state index >= 15 is 0 Å². The molecule has 4 nitrogen and oxygen atoms in total. The second-order valence-electron chi connectivity index (χ2n) is 4.77. The van der Waals surface area contributed by atoms with E-state index in [9.17, 15) is 9.18 Å². The van der Waals surface area contributed by atoms with E-state index in [-0.39, 0.29) is 11.7 Å². The molecule has 2 atom stereocenters. The van der Waals surface area contributed by atoms with E-state index in [4.69, 9.17) is 10.5 Å². The number of methoxy groups -OCH3 is 1. The average Bonchev–Trinajstić information content (AvgIpc) is 2.94. The Bertz CT molecular complexity index is 430. The molecule has 1 amide bonds. The molecule has 1 aliphatic rings. The van der Waals surface area contributed by atoms with Crippen molar-refractivity contribution in [3.05, 3.63) is 35.6 Å². The van der Waals surface area contributed by atoms with Crippen LogP contribution < -0.4 is 5.73 Å². The van der Waals surface area contributed by atoms with E-state index in [1.54, 1.807) is 17.0 Å². The summed E-state index contributed by atoms with van der Waals surface area (Å²) < 4.78 is 18.2. The quantitative estimate of drug-likeness (QED) is 0.897. The molecule has 0 spiro atoms. The minimum atomic E-state index is -0.756. The number of amides is 1. The molecule has 1 aromatic carbocycles. The van der Waals surface area contributed by atoms with E-state index < -0.39 is 12.1 Å². The van der Waals surface area contributed by atoms with E-state index in [0.717, 1.165) is 25.9 Å². The zero-order valence-corrected chi connectivity index (χ0v) is 11.0. The van der Waals surface area contributed by atoms with Gasteiger partial charge in [0.05, 0.1) is 0 Å². The molecule has 19 heavy (non-hydrogen) atoms. The lowest BCUT2D eigenvalue weighted by molar-refractivity contribution is -0.134. The second-order valence-corrected chi connectivity index (χ2v) is 4.77. The maximum absolute atomic E-state index is 12.9. The summed E-state index contributed by atoms with van der Waals surface area (Å²) in [5.74, 6) is -0.424. The highest BCUT2D eigenvalue weighted by Crippen LogP contribution is 2.22. The zero-order valence-electron chi connectivity index (χ0n) is 11.0. The number of halogens is 1. The number of ether oxygens (including phenoxy) is 1. The predicted molar refractivity (Wildman–Crippen MR) is 69.9 cm³/mol.